The summed E-state index contributed by atoms with van der Waals surface area (Å²) in [7, 11) is 2.26. The minimum atomic E-state index is 0.839. The van der Waals surface area contributed by atoms with Gasteiger partial charge in [0.15, 0.2) is 10.4 Å². The first kappa shape index (κ1) is 10.2. The van der Waals surface area contributed by atoms with Crippen LogP contribution in [0.5, 0.6) is 0 Å². The van der Waals surface area contributed by atoms with Crippen molar-refractivity contribution in [3.05, 3.63) is 22.6 Å². The Kier molecular flexibility index (Phi) is 3.26. The minimum absolute atomic E-state index is 0.839. The Morgan fingerprint density at radius 2 is 2.00 bits per heavy atom. The van der Waals surface area contributed by atoms with E-state index in [-0.39, 0.29) is 0 Å². The molecular formula is C10H17BrN2O+2. The zero-order valence-corrected chi connectivity index (χ0v) is 10.1. The molecular weight excluding hydrogens is 244 g/mol. The molecule has 0 saturated carbocycles. The van der Waals surface area contributed by atoms with Crippen molar-refractivity contribution in [1.82, 2.24) is 0 Å². The Morgan fingerprint density at radius 1 is 1.29 bits per heavy atom. The smallest absolute Gasteiger partial charge is 0.169 e. The summed E-state index contributed by atoms with van der Waals surface area (Å²) in [6.07, 6.45) is 0. The summed E-state index contributed by atoms with van der Waals surface area (Å²) >= 11 is 3.33. The molecule has 1 aliphatic rings. The summed E-state index contributed by atoms with van der Waals surface area (Å²) in [6, 6.07) is 4.03. The van der Waals surface area contributed by atoms with E-state index >= 15 is 0 Å². The SMILES string of the molecule is C[NH+]1CC[NH+](Cc2ccc(Br)o2)CC1. The second kappa shape index (κ2) is 4.47. The van der Waals surface area contributed by atoms with Gasteiger partial charge in [-0.1, -0.05) is 0 Å². The Morgan fingerprint density at radius 3 is 2.57 bits per heavy atom. The monoisotopic (exact) mass is 260 g/mol. The molecule has 0 unspecified atom stereocenters. The van der Waals surface area contributed by atoms with E-state index in [4.69, 9.17) is 4.42 Å². The standard InChI is InChI=1S/C10H15BrN2O/c1-12-4-6-13(7-5-12)8-9-2-3-10(11)14-9/h2-3H,4-8H2,1H3/p+2. The summed E-state index contributed by atoms with van der Waals surface area (Å²) in [5.74, 6) is 1.09. The van der Waals surface area contributed by atoms with Crippen molar-refractivity contribution < 1.29 is 14.2 Å². The lowest BCUT2D eigenvalue weighted by Crippen LogP contribution is -3.26. The van der Waals surface area contributed by atoms with Crippen LogP contribution in [0.2, 0.25) is 0 Å². The second-order valence-corrected chi connectivity index (χ2v) is 4.87. The highest BCUT2D eigenvalue weighted by Crippen LogP contribution is 2.12. The zero-order valence-electron chi connectivity index (χ0n) is 8.48. The van der Waals surface area contributed by atoms with Gasteiger partial charge < -0.3 is 14.2 Å². The molecule has 0 amide bonds. The van der Waals surface area contributed by atoms with Gasteiger partial charge in [0, 0.05) is 0 Å². The highest BCUT2D eigenvalue weighted by molar-refractivity contribution is 9.10. The van der Waals surface area contributed by atoms with Crippen LogP contribution in [0.4, 0.5) is 0 Å². The van der Waals surface area contributed by atoms with E-state index in [0.717, 1.165) is 17.0 Å². The minimum Gasteiger partial charge on any atom is -0.448 e. The van der Waals surface area contributed by atoms with Crippen molar-refractivity contribution in [2.45, 2.75) is 6.54 Å². The van der Waals surface area contributed by atoms with E-state index in [2.05, 4.69) is 29.0 Å². The lowest BCUT2D eigenvalue weighted by atomic mass is 10.3. The van der Waals surface area contributed by atoms with Crippen LogP contribution >= 0.6 is 15.9 Å². The average molecular weight is 261 g/mol. The van der Waals surface area contributed by atoms with Gasteiger partial charge in [0.2, 0.25) is 0 Å². The third-order valence-electron chi connectivity index (χ3n) is 2.86. The van der Waals surface area contributed by atoms with Crippen molar-refractivity contribution in [3.8, 4) is 0 Å². The first-order chi connectivity index (χ1) is 6.74. The lowest BCUT2D eigenvalue weighted by Gasteiger charge is -2.26. The molecule has 2 heterocycles. The predicted molar refractivity (Wildman–Crippen MR) is 57.4 cm³/mol. The van der Waals surface area contributed by atoms with Gasteiger partial charge in [0.25, 0.3) is 0 Å². The first-order valence-corrected chi connectivity index (χ1v) is 5.92. The topological polar surface area (TPSA) is 22.0 Å². The Hall–Kier alpha value is -0.320. The fourth-order valence-electron chi connectivity index (χ4n) is 1.90. The molecule has 1 aliphatic heterocycles. The molecule has 1 fully saturated rings. The highest BCUT2D eigenvalue weighted by Gasteiger charge is 2.20. The fourth-order valence-corrected chi connectivity index (χ4v) is 2.24. The van der Waals surface area contributed by atoms with E-state index in [0.29, 0.717) is 0 Å². The normalized spacial score (nSPS) is 27.9. The zero-order chi connectivity index (χ0) is 9.97. The predicted octanol–water partition coefficient (Wildman–Crippen LogP) is -1.04. The van der Waals surface area contributed by atoms with Gasteiger partial charge in [-0.25, -0.2) is 0 Å². The van der Waals surface area contributed by atoms with Crippen LogP contribution < -0.4 is 9.80 Å². The van der Waals surface area contributed by atoms with Gasteiger partial charge in [0.1, 0.15) is 32.7 Å². The van der Waals surface area contributed by atoms with Crippen molar-refractivity contribution >= 4 is 15.9 Å². The van der Waals surface area contributed by atoms with Crippen LogP contribution in [-0.2, 0) is 6.54 Å². The molecule has 1 aromatic rings. The largest absolute Gasteiger partial charge is 0.448 e. The number of furan rings is 1. The number of halogens is 1. The summed E-state index contributed by atoms with van der Waals surface area (Å²) in [4.78, 5) is 3.28. The lowest BCUT2D eigenvalue weighted by molar-refractivity contribution is -1.01. The Bertz CT molecular complexity index is 292. The molecule has 0 radical (unpaired) electrons. The van der Waals surface area contributed by atoms with Gasteiger partial charge in [0.05, 0.1) is 7.05 Å². The van der Waals surface area contributed by atoms with Crippen LogP contribution in [0, 0.1) is 0 Å². The number of hydrogen-bond acceptors (Lipinski definition) is 1. The molecule has 1 saturated heterocycles. The average Bonchev–Trinajstić information content (AvgIpc) is 2.56. The maximum Gasteiger partial charge on any atom is 0.169 e. The van der Waals surface area contributed by atoms with Gasteiger partial charge >= 0.3 is 0 Å². The number of piperazine rings is 1. The van der Waals surface area contributed by atoms with Crippen LogP contribution in [0.15, 0.2) is 21.2 Å². The second-order valence-electron chi connectivity index (χ2n) is 4.09. The van der Waals surface area contributed by atoms with Crippen LogP contribution in [0.1, 0.15) is 5.76 Å². The van der Waals surface area contributed by atoms with Crippen molar-refractivity contribution in [2.75, 3.05) is 33.2 Å². The van der Waals surface area contributed by atoms with E-state index in [1.54, 1.807) is 9.80 Å². The number of hydrogen-bond donors (Lipinski definition) is 2. The van der Waals surface area contributed by atoms with E-state index < -0.39 is 0 Å². The molecule has 0 bridgehead atoms. The molecule has 4 heteroatoms. The first-order valence-electron chi connectivity index (χ1n) is 5.13. The van der Waals surface area contributed by atoms with Crippen molar-refractivity contribution in [2.24, 2.45) is 0 Å². The molecule has 0 atom stereocenters. The van der Waals surface area contributed by atoms with Crippen molar-refractivity contribution in [3.63, 3.8) is 0 Å². The van der Waals surface area contributed by atoms with E-state index in [1.807, 2.05) is 6.07 Å². The molecule has 1 aromatic heterocycles. The van der Waals surface area contributed by atoms with Crippen LogP contribution in [-0.4, -0.2) is 33.2 Å². The number of rotatable bonds is 2. The molecule has 0 aliphatic carbocycles. The van der Waals surface area contributed by atoms with Gasteiger partial charge in [-0.15, -0.1) is 0 Å². The number of quaternary nitrogens is 2. The fraction of sp³-hybridized carbons (Fsp3) is 0.600. The third kappa shape index (κ3) is 2.59. The van der Waals surface area contributed by atoms with Gasteiger partial charge in [-0.05, 0) is 28.1 Å². The summed E-state index contributed by atoms with van der Waals surface area (Å²) in [5.41, 5.74) is 0. The molecule has 0 aromatic carbocycles. The maximum atomic E-state index is 5.50. The Labute approximate surface area is 92.8 Å². The molecule has 2 N–H and O–H groups in total. The summed E-state index contributed by atoms with van der Waals surface area (Å²) in [5, 5.41) is 0. The number of nitrogens with one attached hydrogen (secondary N) is 2. The third-order valence-corrected chi connectivity index (χ3v) is 3.29. The number of likely N-dealkylation sites (N-methyl/N-ethyl adjacent to an activating group) is 1. The molecule has 78 valence electrons. The quantitative estimate of drug-likeness (QED) is 0.697. The van der Waals surface area contributed by atoms with Crippen LogP contribution in [0.25, 0.3) is 0 Å². The van der Waals surface area contributed by atoms with Crippen molar-refractivity contribution in [1.29, 1.82) is 0 Å². The van der Waals surface area contributed by atoms with Gasteiger partial charge in [-0.3, -0.25) is 0 Å². The Balaban J connectivity index is 1.86. The van der Waals surface area contributed by atoms with E-state index in [1.165, 1.54) is 26.2 Å². The highest BCUT2D eigenvalue weighted by atomic mass is 79.9. The van der Waals surface area contributed by atoms with Crippen LogP contribution in [0.3, 0.4) is 0 Å². The molecule has 2 rings (SSSR count). The van der Waals surface area contributed by atoms with Gasteiger partial charge in [-0.2, -0.15) is 0 Å². The molecule has 14 heavy (non-hydrogen) atoms. The molecule has 3 nitrogen and oxygen atoms in total. The summed E-state index contributed by atoms with van der Waals surface area (Å²) in [6.45, 7) is 6.08. The maximum absolute atomic E-state index is 5.50. The molecule has 0 spiro atoms. The summed E-state index contributed by atoms with van der Waals surface area (Å²) < 4.78 is 6.34. The van der Waals surface area contributed by atoms with E-state index in [9.17, 15) is 0 Å².